The van der Waals surface area contributed by atoms with Crippen molar-refractivity contribution in [2.45, 2.75) is 12.2 Å². The summed E-state index contributed by atoms with van der Waals surface area (Å²) in [4.78, 5) is 14.1. The molecule has 1 saturated heterocycles. The molecular weight excluding hydrogens is 286 g/mol. The summed E-state index contributed by atoms with van der Waals surface area (Å²) < 4.78 is 0.956. The molecule has 16 heavy (non-hydrogen) atoms. The maximum absolute atomic E-state index is 12.2. The van der Waals surface area contributed by atoms with Gasteiger partial charge in [-0.3, -0.25) is 4.79 Å². The van der Waals surface area contributed by atoms with E-state index in [1.807, 2.05) is 40.9 Å². The highest BCUT2D eigenvalue weighted by Gasteiger charge is 2.22. The normalized spacial score (nSPS) is 20.9. The van der Waals surface area contributed by atoms with Crippen molar-refractivity contribution < 1.29 is 4.79 Å². The fourth-order valence-corrected chi connectivity index (χ4v) is 3.22. The first-order valence-corrected chi connectivity index (χ1v) is 7.17. The van der Waals surface area contributed by atoms with Gasteiger partial charge in [0.2, 0.25) is 0 Å². The molecule has 1 unspecified atom stereocenters. The van der Waals surface area contributed by atoms with Gasteiger partial charge in [0, 0.05) is 34.1 Å². The summed E-state index contributed by atoms with van der Waals surface area (Å²) in [6.07, 6.45) is 0. The van der Waals surface area contributed by atoms with Gasteiger partial charge in [-0.05, 0) is 18.2 Å². The van der Waals surface area contributed by atoms with Gasteiger partial charge in [-0.15, -0.1) is 0 Å². The van der Waals surface area contributed by atoms with Crippen molar-refractivity contribution in [2.24, 2.45) is 0 Å². The first-order chi connectivity index (χ1) is 7.66. The van der Waals surface area contributed by atoms with Gasteiger partial charge >= 0.3 is 0 Å². The number of amides is 1. The minimum absolute atomic E-state index is 0.147. The van der Waals surface area contributed by atoms with E-state index in [0.717, 1.165) is 28.9 Å². The van der Waals surface area contributed by atoms with Gasteiger partial charge in [0.1, 0.15) is 0 Å². The molecule has 0 radical (unpaired) electrons. The van der Waals surface area contributed by atoms with E-state index in [1.54, 1.807) is 0 Å². The Kier molecular flexibility index (Phi) is 3.92. The van der Waals surface area contributed by atoms with Crippen LogP contribution >= 0.6 is 27.7 Å². The van der Waals surface area contributed by atoms with E-state index in [-0.39, 0.29) is 5.91 Å². The topological polar surface area (TPSA) is 20.3 Å². The van der Waals surface area contributed by atoms with E-state index >= 15 is 0 Å². The minimum Gasteiger partial charge on any atom is -0.337 e. The lowest BCUT2D eigenvalue weighted by molar-refractivity contribution is 0.0763. The zero-order chi connectivity index (χ0) is 11.5. The predicted octanol–water partition coefficient (Wildman–Crippen LogP) is 3.03. The van der Waals surface area contributed by atoms with Crippen molar-refractivity contribution in [2.75, 3.05) is 18.8 Å². The summed E-state index contributed by atoms with van der Waals surface area (Å²) in [5.41, 5.74) is 0.772. The van der Waals surface area contributed by atoms with Crippen LogP contribution in [0, 0.1) is 0 Å². The van der Waals surface area contributed by atoms with Crippen molar-refractivity contribution in [1.82, 2.24) is 4.90 Å². The molecule has 1 aliphatic rings. The van der Waals surface area contributed by atoms with Crippen molar-refractivity contribution >= 4 is 33.6 Å². The molecule has 1 aromatic rings. The second kappa shape index (κ2) is 5.23. The Morgan fingerprint density at radius 2 is 2.38 bits per heavy atom. The summed E-state index contributed by atoms with van der Waals surface area (Å²) in [5, 5.41) is 0.546. The number of hydrogen-bond acceptors (Lipinski definition) is 2. The first kappa shape index (κ1) is 12.0. The molecule has 0 bridgehead atoms. The fraction of sp³-hybridized carbons (Fsp3) is 0.417. The Morgan fingerprint density at radius 1 is 1.56 bits per heavy atom. The van der Waals surface area contributed by atoms with Gasteiger partial charge in [-0.25, -0.2) is 0 Å². The van der Waals surface area contributed by atoms with Gasteiger partial charge in [-0.2, -0.15) is 11.8 Å². The van der Waals surface area contributed by atoms with Crippen molar-refractivity contribution in [3.8, 4) is 0 Å². The molecule has 0 aliphatic carbocycles. The average molecular weight is 300 g/mol. The minimum atomic E-state index is 0.147. The highest BCUT2D eigenvalue weighted by atomic mass is 79.9. The van der Waals surface area contributed by atoms with Crippen LogP contribution in [-0.2, 0) is 0 Å². The second-order valence-electron chi connectivity index (χ2n) is 3.94. The third-order valence-corrected chi connectivity index (χ3v) is 4.23. The molecule has 2 rings (SSSR count). The Labute approximate surface area is 109 Å². The molecule has 1 aromatic carbocycles. The standard InChI is InChI=1S/C12H14BrNOS/c1-9-8-14(5-6-16-9)12(15)10-3-2-4-11(13)7-10/h2-4,7,9H,5-6,8H2,1H3. The third-order valence-electron chi connectivity index (χ3n) is 2.60. The molecule has 0 saturated carbocycles. The summed E-state index contributed by atoms with van der Waals surface area (Å²) in [6, 6.07) is 7.60. The number of benzene rings is 1. The van der Waals surface area contributed by atoms with Crippen LogP contribution in [0.15, 0.2) is 28.7 Å². The van der Waals surface area contributed by atoms with Gasteiger partial charge in [-0.1, -0.05) is 28.9 Å². The smallest absolute Gasteiger partial charge is 0.253 e. The molecule has 4 heteroatoms. The molecule has 2 nitrogen and oxygen atoms in total. The molecule has 1 atom stereocenters. The summed E-state index contributed by atoms with van der Waals surface area (Å²) in [7, 11) is 0. The molecule has 0 spiro atoms. The predicted molar refractivity (Wildman–Crippen MR) is 72.0 cm³/mol. The summed E-state index contributed by atoms with van der Waals surface area (Å²) in [5.74, 6) is 1.19. The van der Waals surface area contributed by atoms with Gasteiger partial charge in [0.15, 0.2) is 0 Å². The van der Waals surface area contributed by atoms with Gasteiger partial charge in [0.05, 0.1) is 0 Å². The van der Waals surface area contributed by atoms with Gasteiger partial charge in [0.25, 0.3) is 5.91 Å². The van der Waals surface area contributed by atoms with E-state index in [0.29, 0.717) is 5.25 Å². The molecule has 86 valence electrons. The third kappa shape index (κ3) is 2.80. The number of hydrogen-bond donors (Lipinski definition) is 0. The Morgan fingerprint density at radius 3 is 3.06 bits per heavy atom. The molecule has 1 heterocycles. The molecular formula is C12H14BrNOS. The SMILES string of the molecule is CC1CN(C(=O)c2cccc(Br)c2)CCS1. The lowest BCUT2D eigenvalue weighted by atomic mass is 10.2. The van der Waals surface area contributed by atoms with E-state index in [9.17, 15) is 4.79 Å². The number of halogens is 1. The molecule has 1 aliphatic heterocycles. The largest absolute Gasteiger partial charge is 0.337 e. The van der Waals surface area contributed by atoms with Crippen LogP contribution in [-0.4, -0.2) is 34.9 Å². The maximum atomic E-state index is 12.2. The quantitative estimate of drug-likeness (QED) is 0.794. The van der Waals surface area contributed by atoms with E-state index in [1.165, 1.54) is 0 Å². The second-order valence-corrected chi connectivity index (χ2v) is 6.40. The Bertz CT molecular complexity index is 396. The van der Waals surface area contributed by atoms with Crippen LogP contribution in [0.5, 0.6) is 0 Å². The van der Waals surface area contributed by atoms with E-state index in [2.05, 4.69) is 22.9 Å². The molecule has 0 aromatic heterocycles. The number of thioether (sulfide) groups is 1. The Hall–Kier alpha value is -0.480. The number of carbonyl (C=O) groups excluding carboxylic acids is 1. The van der Waals surface area contributed by atoms with Crippen LogP contribution in [0.25, 0.3) is 0 Å². The van der Waals surface area contributed by atoms with Gasteiger partial charge < -0.3 is 4.90 Å². The van der Waals surface area contributed by atoms with E-state index in [4.69, 9.17) is 0 Å². The van der Waals surface area contributed by atoms with Crippen LogP contribution in [0.1, 0.15) is 17.3 Å². The van der Waals surface area contributed by atoms with E-state index < -0.39 is 0 Å². The van der Waals surface area contributed by atoms with Crippen LogP contribution in [0.3, 0.4) is 0 Å². The zero-order valence-corrected chi connectivity index (χ0v) is 11.6. The highest BCUT2D eigenvalue weighted by molar-refractivity contribution is 9.10. The molecule has 0 N–H and O–H groups in total. The highest BCUT2D eigenvalue weighted by Crippen LogP contribution is 2.20. The Balaban J connectivity index is 2.12. The zero-order valence-electron chi connectivity index (χ0n) is 9.15. The molecule has 1 amide bonds. The number of nitrogens with zero attached hydrogens (tertiary/aromatic N) is 1. The lowest BCUT2D eigenvalue weighted by Gasteiger charge is -2.30. The lowest BCUT2D eigenvalue weighted by Crippen LogP contribution is -2.41. The maximum Gasteiger partial charge on any atom is 0.253 e. The first-order valence-electron chi connectivity index (χ1n) is 5.33. The summed E-state index contributed by atoms with van der Waals surface area (Å²) in [6.45, 7) is 3.89. The summed E-state index contributed by atoms with van der Waals surface area (Å²) >= 11 is 5.33. The monoisotopic (exact) mass is 299 g/mol. The van der Waals surface area contributed by atoms with Crippen molar-refractivity contribution in [3.63, 3.8) is 0 Å². The van der Waals surface area contributed by atoms with Crippen molar-refractivity contribution in [1.29, 1.82) is 0 Å². The van der Waals surface area contributed by atoms with Crippen molar-refractivity contribution in [3.05, 3.63) is 34.3 Å². The average Bonchev–Trinajstić information content (AvgIpc) is 2.28. The van der Waals surface area contributed by atoms with Crippen LogP contribution in [0.2, 0.25) is 0 Å². The molecule has 1 fully saturated rings. The fourth-order valence-electron chi connectivity index (χ4n) is 1.81. The van der Waals surface area contributed by atoms with Crippen LogP contribution in [0.4, 0.5) is 0 Å². The number of carbonyl (C=O) groups is 1. The van der Waals surface area contributed by atoms with Crippen LogP contribution < -0.4 is 0 Å². The number of rotatable bonds is 1.